The Bertz CT molecular complexity index is 1140. The summed E-state index contributed by atoms with van der Waals surface area (Å²) in [6.45, 7) is 4.14. The third-order valence-corrected chi connectivity index (χ3v) is 4.97. The highest BCUT2D eigenvalue weighted by atomic mass is 32.2. The maximum absolute atomic E-state index is 10.6. The number of carbonyl (C=O) groups is 1. The van der Waals surface area contributed by atoms with E-state index in [-0.39, 0.29) is 0 Å². The molecule has 148 valence electrons. The molecule has 0 unspecified atom stereocenters. The molecule has 0 aliphatic rings. The number of hydrogen-bond acceptors (Lipinski definition) is 6. The molecule has 8 nitrogen and oxygen atoms in total. The summed E-state index contributed by atoms with van der Waals surface area (Å²) in [7, 11) is -4.45. The van der Waals surface area contributed by atoms with Crippen LogP contribution in [0.2, 0.25) is 0 Å². The fourth-order valence-electron chi connectivity index (χ4n) is 2.58. The topological polar surface area (TPSA) is 151 Å². The number of hydrogen-bond donors (Lipinski definition) is 4. The zero-order valence-corrected chi connectivity index (χ0v) is 16.1. The van der Waals surface area contributed by atoms with E-state index < -0.39 is 32.3 Å². The summed E-state index contributed by atoms with van der Waals surface area (Å²) in [4.78, 5) is 14.5. The summed E-state index contributed by atoms with van der Waals surface area (Å²) < 4.78 is 29.8. The second kappa shape index (κ2) is 8.24. The Labute approximate surface area is 162 Å². The van der Waals surface area contributed by atoms with Crippen LogP contribution >= 0.6 is 0 Å². The lowest BCUT2D eigenvalue weighted by atomic mass is 10.1. The van der Waals surface area contributed by atoms with Crippen molar-refractivity contribution in [2.75, 3.05) is 5.73 Å². The summed E-state index contributed by atoms with van der Waals surface area (Å²) in [6, 6.07) is 10.5. The zero-order chi connectivity index (χ0) is 21.1. The fourth-order valence-corrected chi connectivity index (χ4v) is 3.08. The average Bonchev–Trinajstić information content (AvgIpc) is 2.64. The first kappa shape index (κ1) is 21.1. The molecule has 2 aromatic carbocycles. The Morgan fingerprint density at radius 2 is 1.82 bits per heavy atom. The van der Waals surface area contributed by atoms with Gasteiger partial charge in [-0.15, -0.1) is 0 Å². The molecule has 1 heterocycles. The van der Waals surface area contributed by atoms with Crippen LogP contribution in [0.1, 0.15) is 28.5 Å². The zero-order valence-electron chi connectivity index (χ0n) is 15.2. The van der Waals surface area contributed by atoms with Gasteiger partial charge in [0.05, 0.1) is 10.4 Å². The van der Waals surface area contributed by atoms with Crippen LogP contribution in [0.4, 0.5) is 5.69 Å². The predicted molar refractivity (Wildman–Crippen MR) is 105 cm³/mol. The highest BCUT2D eigenvalue weighted by Gasteiger charge is 2.16. The van der Waals surface area contributed by atoms with Gasteiger partial charge in [0.15, 0.2) is 0 Å². The first-order chi connectivity index (χ1) is 13.1. The molecule has 0 aliphatic heterocycles. The van der Waals surface area contributed by atoms with Gasteiger partial charge in [-0.3, -0.25) is 9.54 Å². The number of carboxylic acid groups (broad SMARTS) is 1. The standard InChI is InChI=1S/C12H14N2.C7H6O6S/c1-3-10-8(2)12(13)9-6-4-5-7-11(9)14-10;8-6-2-1-4(14(11,12)13)3-5(6)7(9)10/h4-7H,3H2,1-2H3,(H2,13,14);1-3,8H,(H,9,10)(H,11,12,13). The van der Waals surface area contributed by atoms with Crippen LogP contribution < -0.4 is 5.73 Å². The van der Waals surface area contributed by atoms with Crippen molar-refractivity contribution in [3.8, 4) is 5.75 Å². The van der Waals surface area contributed by atoms with E-state index in [0.29, 0.717) is 6.07 Å². The van der Waals surface area contributed by atoms with Crippen molar-refractivity contribution < 1.29 is 28.0 Å². The molecular formula is C19H20N2O6S. The molecule has 0 atom stereocenters. The van der Waals surface area contributed by atoms with Gasteiger partial charge in [-0.25, -0.2) is 4.79 Å². The van der Waals surface area contributed by atoms with E-state index in [9.17, 15) is 13.2 Å². The van der Waals surface area contributed by atoms with Crippen molar-refractivity contribution in [2.45, 2.75) is 25.2 Å². The molecule has 3 aromatic rings. The number of aryl methyl sites for hydroxylation is 1. The molecule has 0 spiro atoms. The lowest BCUT2D eigenvalue weighted by molar-refractivity contribution is 0.0693. The average molecular weight is 404 g/mol. The van der Waals surface area contributed by atoms with Crippen LogP contribution in [0.25, 0.3) is 10.9 Å². The summed E-state index contributed by atoms with van der Waals surface area (Å²) in [5.41, 5.74) is 9.55. The third kappa shape index (κ3) is 4.56. The Hall–Kier alpha value is -3.17. The van der Waals surface area contributed by atoms with Gasteiger partial charge in [-0.1, -0.05) is 25.1 Å². The number of benzene rings is 2. The number of nitrogen functional groups attached to an aromatic ring is 1. The Morgan fingerprint density at radius 3 is 2.39 bits per heavy atom. The minimum atomic E-state index is -4.45. The molecule has 1 aromatic heterocycles. The van der Waals surface area contributed by atoms with Gasteiger partial charge >= 0.3 is 5.97 Å². The van der Waals surface area contributed by atoms with Gasteiger partial charge in [0.1, 0.15) is 11.3 Å². The number of pyridine rings is 1. The van der Waals surface area contributed by atoms with E-state index >= 15 is 0 Å². The number of aromatic carboxylic acids is 1. The molecule has 5 N–H and O–H groups in total. The maximum Gasteiger partial charge on any atom is 0.339 e. The minimum absolute atomic E-state index is 0.565. The van der Waals surface area contributed by atoms with Crippen LogP contribution in [0.5, 0.6) is 5.75 Å². The Kier molecular flexibility index (Phi) is 6.22. The highest BCUT2D eigenvalue weighted by Crippen LogP contribution is 2.25. The highest BCUT2D eigenvalue weighted by molar-refractivity contribution is 7.85. The van der Waals surface area contributed by atoms with Gasteiger partial charge in [0.2, 0.25) is 0 Å². The number of fused-ring (bicyclic) bond motifs is 1. The van der Waals surface area contributed by atoms with E-state index in [1.165, 1.54) is 0 Å². The van der Waals surface area contributed by atoms with Crippen LogP contribution in [-0.2, 0) is 16.5 Å². The van der Waals surface area contributed by atoms with Crippen molar-refractivity contribution in [2.24, 2.45) is 0 Å². The van der Waals surface area contributed by atoms with Gasteiger partial charge < -0.3 is 15.9 Å². The molecule has 0 aliphatic carbocycles. The van der Waals surface area contributed by atoms with Crippen LogP contribution in [0, 0.1) is 6.92 Å². The number of carboxylic acids is 1. The molecule has 0 fully saturated rings. The molecule has 9 heteroatoms. The number of nitrogens with two attached hydrogens (primary N) is 1. The van der Waals surface area contributed by atoms with Crippen LogP contribution in [0.3, 0.4) is 0 Å². The van der Waals surface area contributed by atoms with E-state index in [1.54, 1.807) is 0 Å². The Balaban J connectivity index is 0.000000200. The quantitative estimate of drug-likeness (QED) is 0.486. The molecule has 0 radical (unpaired) electrons. The number of aromatic nitrogens is 1. The summed E-state index contributed by atoms with van der Waals surface area (Å²) >= 11 is 0. The van der Waals surface area contributed by atoms with Crippen molar-refractivity contribution in [1.29, 1.82) is 0 Å². The summed E-state index contributed by atoms with van der Waals surface area (Å²) in [5.74, 6) is -2.04. The lowest BCUT2D eigenvalue weighted by Crippen LogP contribution is -2.02. The molecule has 0 bridgehead atoms. The molecule has 0 saturated carbocycles. The van der Waals surface area contributed by atoms with Crippen molar-refractivity contribution >= 4 is 32.7 Å². The number of para-hydroxylation sites is 1. The summed E-state index contributed by atoms with van der Waals surface area (Å²) in [5, 5.41) is 18.6. The molecular weight excluding hydrogens is 384 g/mol. The fraction of sp³-hybridized carbons (Fsp3) is 0.158. The first-order valence-corrected chi connectivity index (χ1v) is 9.67. The molecule has 0 amide bonds. The molecule has 28 heavy (non-hydrogen) atoms. The summed E-state index contributed by atoms with van der Waals surface area (Å²) in [6.07, 6.45) is 0.931. The van der Waals surface area contributed by atoms with Crippen LogP contribution in [0.15, 0.2) is 47.4 Å². The van der Waals surface area contributed by atoms with Gasteiger partial charge in [0.25, 0.3) is 10.1 Å². The monoisotopic (exact) mass is 404 g/mol. The van der Waals surface area contributed by atoms with Crippen molar-refractivity contribution in [3.63, 3.8) is 0 Å². The van der Waals surface area contributed by atoms with Gasteiger partial charge in [-0.2, -0.15) is 8.42 Å². The maximum atomic E-state index is 10.6. The molecule has 0 saturated heterocycles. The van der Waals surface area contributed by atoms with E-state index in [2.05, 4.69) is 11.9 Å². The first-order valence-electron chi connectivity index (χ1n) is 8.23. The van der Waals surface area contributed by atoms with E-state index in [4.69, 9.17) is 20.5 Å². The van der Waals surface area contributed by atoms with E-state index in [0.717, 1.165) is 46.4 Å². The van der Waals surface area contributed by atoms with Gasteiger partial charge in [-0.05, 0) is 43.2 Å². The normalized spacial score (nSPS) is 11.0. The predicted octanol–water partition coefficient (Wildman–Crippen LogP) is 3.02. The number of phenols is 1. The largest absolute Gasteiger partial charge is 0.507 e. The van der Waals surface area contributed by atoms with E-state index in [1.807, 2.05) is 31.2 Å². The smallest absolute Gasteiger partial charge is 0.339 e. The van der Waals surface area contributed by atoms with Gasteiger partial charge in [0, 0.05) is 16.8 Å². The SMILES string of the molecule is CCc1nc2ccccc2c(N)c1C.O=C(O)c1cc(S(=O)(=O)O)ccc1O. The number of nitrogens with zero attached hydrogens (tertiary/aromatic N) is 1. The van der Waals surface area contributed by atoms with Crippen molar-refractivity contribution in [3.05, 3.63) is 59.3 Å². The number of rotatable bonds is 3. The third-order valence-electron chi connectivity index (χ3n) is 4.12. The number of aromatic hydroxyl groups is 1. The second-order valence-electron chi connectivity index (χ2n) is 5.93. The second-order valence-corrected chi connectivity index (χ2v) is 7.35. The van der Waals surface area contributed by atoms with Crippen molar-refractivity contribution in [1.82, 2.24) is 4.98 Å². The Morgan fingerprint density at radius 1 is 1.18 bits per heavy atom. The number of anilines is 1. The van der Waals surface area contributed by atoms with Crippen LogP contribution in [-0.4, -0.2) is 34.1 Å². The minimum Gasteiger partial charge on any atom is -0.507 e. The lowest BCUT2D eigenvalue weighted by Gasteiger charge is -2.09. The molecule has 3 rings (SSSR count).